The van der Waals surface area contributed by atoms with Crippen LogP contribution < -0.4 is 25.0 Å². The normalized spacial score (nSPS) is 12.3. The number of hydrazone groups is 1. The van der Waals surface area contributed by atoms with E-state index in [0.717, 1.165) is 5.56 Å². The van der Waals surface area contributed by atoms with Crippen molar-refractivity contribution in [2.75, 3.05) is 13.2 Å². The molecule has 0 unspecified atom stereocenters. The number of ether oxygens (including phenoxy) is 3. The van der Waals surface area contributed by atoms with E-state index in [1.807, 2.05) is 52.9 Å². The quantitative estimate of drug-likeness (QED) is 0.119. The molecular formula is C29H28Cl2IN3O7. The summed E-state index contributed by atoms with van der Waals surface area (Å²) in [7, 11) is 0. The Labute approximate surface area is 266 Å². The molecule has 42 heavy (non-hydrogen) atoms. The largest absolute Gasteiger partial charge is 0.490 e. The number of nitrogens with one attached hydrogen (secondary N) is 2. The van der Waals surface area contributed by atoms with Gasteiger partial charge in [0.25, 0.3) is 11.8 Å². The summed E-state index contributed by atoms with van der Waals surface area (Å²) in [6.45, 7) is 3.12. The number of carbonyl (C=O) groups excluding carboxylic acids is 2. The predicted octanol–water partition coefficient (Wildman–Crippen LogP) is 5.11. The summed E-state index contributed by atoms with van der Waals surface area (Å²) in [5.41, 5.74) is 3.86. The van der Waals surface area contributed by atoms with E-state index in [4.69, 9.17) is 42.5 Å². The third-order valence-electron chi connectivity index (χ3n) is 5.54. The van der Waals surface area contributed by atoms with Crippen molar-refractivity contribution in [1.82, 2.24) is 10.7 Å². The third-order valence-corrected chi connectivity index (χ3v) is 6.87. The standard InChI is InChI=1S/C29H28Cl2IN3O7/c1-3-40-25-13-19(11-22(32)27(25)41-16-26(36)37)15-33-35-29(39)23(12-18-7-5-4-6-8-18)34-28(38)17(2)42-24-10-9-20(30)14-21(24)31/h4-11,13-15,17,23H,3,12,16H2,1-2H3,(H,34,38)(H,35,39)(H,36,37)/b33-15-/t17-,23-/m1/s1. The molecule has 0 bridgehead atoms. The number of benzene rings is 3. The van der Waals surface area contributed by atoms with Gasteiger partial charge in [-0.2, -0.15) is 5.10 Å². The first-order valence-electron chi connectivity index (χ1n) is 12.7. The molecule has 0 aromatic heterocycles. The fourth-order valence-corrected chi connectivity index (χ4v) is 4.84. The Morgan fingerprint density at radius 1 is 1.02 bits per heavy atom. The van der Waals surface area contributed by atoms with E-state index in [9.17, 15) is 14.4 Å². The molecule has 0 aliphatic carbocycles. The zero-order chi connectivity index (χ0) is 30.6. The van der Waals surface area contributed by atoms with Crippen LogP contribution in [0.2, 0.25) is 10.0 Å². The van der Waals surface area contributed by atoms with Gasteiger partial charge in [0.05, 0.1) is 21.4 Å². The Morgan fingerprint density at radius 3 is 2.43 bits per heavy atom. The lowest BCUT2D eigenvalue weighted by atomic mass is 10.1. The average molecular weight is 728 g/mol. The van der Waals surface area contributed by atoms with Crippen LogP contribution in [-0.2, 0) is 20.8 Å². The van der Waals surface area contributed by atoms with Gasteiger partial charge in [0, 0.05) is 11.4 Å². The molecule has 0 saturated carbocycles. The van der Waals surface area contributed by atoms with Gasteiger partial charge < -0.3 is 24.6 Å². The first-order chi connectivity index (χ1) is 20.1. The van der Waals surface area contributed by atoms with E-state index >= 15 is 0 Å². The van der Waals surface area contributed by atoms with Crippen LogP contribution in [0.5, 0.6) is 17.2 Å². The van der Waals surface area contributed by atoms with Crippen LogP contribution in [0.4, 0.5) is 0 Å². The minimum Gasteiger partial charge on any atom is -0.490 e. The molecule has 222 valence electrons. The molecule has 13 heteroatoms. The first kappa shape index (κ1) is 33.0. The molecule has 0 heterocycles. The number of carboxylic acid groups (broad SMARTS) is 1. The molecule has 2 amide bonds. The van der Waals surface area contributed by atoms with Crippen molar-refractivity contribution in [3.8, 4) is 17.2 Å². The molecule has 0 spiro atoms. The molecular weight excluding hydrogens is 700 g/mol. The lowest BCUT2D eigenvalue weighted by molar-refractivity contribution is -0.139. The van der Waals surface area contributed by atoms with Gasteiger partial charge >= 0.3 is 5.97 Å². The molecule has 0 fully saturated rings. The summed E-state index contributed by atoms with van der Waals surface area (Å²) in [6, 6.07) is 16.2. The number of rotatable bonds is 14. The molecule has 0 radical (unpaired) electrons. The molecule has 3 aromatic carbocycles. The lowest BCUT2D eigenvalue weighted by Crippen LogP contribution is -2.50. The van der Waals surface area contributed by atoms with Crippen LogP contribution in [0.3, 0.4) is 0 Å². The second-order valence-electron chi connectivity index (χ2n) is 8.77. The molecule has 3 rings (SSSR count). The summed E-state index contributed by atoms with van der Waals surface area (Å²) in [4.78, 5) is 37.1. The Hall–Kier alpha value is -3.55. The topological polar surface area (TPSA) is 136 Å². The Balaban J connectivity index is 1.73. The number of aliphatic carboxylic acids is 1. The summed E-state index contributed by atoms with van der Waals surface area (Å²) in [5, 5.41) is 16.4. The average Bonchev–Trinajstić information content (AvgIpc) is 2.94. The predicted molar refractivity (Wildman–Crippen MR) is 168 cm³/mol. The van der Waals surface area contributed by atoms with Gasteiger partial charge in [-0.3, -0.25) is 9.59 Å². The molecule has 0 saturated heterocycles. The maximum atomic E-state index is 13.2. The van der Waals surface area contributed by atoms with E-state index in [-0.39, 0.29) is 17.2 Å². The van der Waals surface area contributed by atoms with E-state index in [0.29, 0.717) is 32.3 Å². The number of carboxylic acids is 1. The first-order valence-corrected chi connectivity index (χ1v) is 14.5. The molecule has 2 atom stereocenters. The highest BCUT2D eigenvalue weighted by molar-refractivity contribution is 14.1. The van der Waals surface area contributed by atoms with Crippen LogP contribution in [0.25, 0.3) is 0 Å². The van der Waals surface area contributed by atoms with Gasteiger partial charge in [-0.15, -0.1) is 0 Å². The van der Waals surface area contributed by atoms with Gasteiger partial charge in [-0.1, -0.05) is 53.5 Å². The number of amides is 2. The van der Waals surface area contributed by atoms with Crippen LogP contribution in [0, 0.1) is 3.57 Å². The highest BCUT2D eigenvalue weighted by atomic mass is 127. The third kappa shape index (κ3) is 10.1. The van der Waals surface area contributed by atoms with Gasteiger partial charge in [0.15, 0.2) is 24.2 Å². The van der Waals surface area contributed by atoms with Crippen molar-refractivity contribution in [3.05, 3.63) is 85.4 Å². The van der Waals surface area contributed by atoms with Crippen LogP contribution >= 0.6 is 45.8 Å². The fourth-order valence-electron chi connectivity index (χ4n) is 3.61. The molecule has 0 aliphatic rings. The number of nitrogens with zero attached hydrogens (tertiary/aromatic N) is 1. The fraction of sp³-hybridized carbons (Fsp3) is 0.241. The zero-order valence-corrected chi connectivity index (χ0v) is 26.3. The van der Waals surface area contributed by atoms with E-state index in [1.165, 1.54) is 19.2 Å². The number of hydrogen-bond donors (Lipinski definition) is 3. The second-order valence-corrected chi connectivity index (χ2v) is 10.8. The van der Waals surface area contributed by atoms with Gasteiger partial charge in [-0.25, -0.2) is 10.2 Å². The zero-order valence-electron chi connectivity index (χ0n) is 22.6. The van der Waals surface area contributed by atoms with Crippen molar-refractivity contribution < 1.29 is 33.7 Å². The molecule has 3 N–H and O–H groups in total. The molecule has 0 aliphatic heterocycles. The van der Waals surface area contributed by atoms with Gasteiger partial charge in [0.2, 0.25) is 0 Å². The second kappa shape index (κ2) is 16.2. The van der Waals surface area contributed by atoms with Crippen molar-refractivity contribution in [3.63, 3.8) is 0 Å². The smallest absolute Gasteiger partial charge is 0.341 e. The van der Waals surface area contributed by atoms with Crippen molar-refractivity contribution in [2.24, 2.45) is 5.10 Å². The summed E-state index contributed by atoms with van der Waals surface area (Å²) < 4.78 is 17.3. The van der Waals surface area contributed by atoms with Crippen LogP contribution in [-0.4, -0.2) is 54.5 Å². The Morgan fingerprint density at radius 2 is 1.76 bits per heavy atom. The lowest BCUT2D eigenvalue weighted by Gasteiger charge is -2.21. The molecule has 3 aromatic rings. The van der Waals surface area contributed by atoms with Crippen LogP contribution in [0.1, 0.15) is 25.0 Å². The van der Waals surface area contributed by atoms with Crippen LogP contribution in [0.15, 0.2) is 65.8 Å². The number of halogens is 3. The summed E-state index contributed by atoms with van der Waals surface area (Å²) >= 11 is 14.1. The van der Waals surface area contributed by atoms with Gasteiger partial charge in [-0.05, 0) is 77.9 Å². The number of carbonyl (C=O) groups is 3. The van der Waals surface area contributed by atoms with Crippen molar-refractivity contribution >= 4 is 69.8 Å². The minimum atomic E-state index is -1.12. The SMILES string of the molecule is CCOc1cc(/C=N\NC(=O)[C@@H](Cc2ccccc2)NC(=O)[C@@H](C)Oc2ccc(Cl)cc2Cl)cc(I)c1OCC(=O)O. The monoisotopic (exact) mass is 727 g/mol. The highest BCUT2D eigenvalue weighted by Crippen LogP contribution is 2.34. The highest BCUT2D eigenvalue weighted by Gasteiger charge is 2.25. The number of hydrogen-bond acceptors (Lipinski definition) is 7. The Kier molecular flexibility index (Phi) is 12.7. The van der Waals surface area contributed by atoms with E-state index in [1.54, 1.807) is 31.2 Å². The Bertz CT molecular complexity index is 1440. The van der Waals surface area contributed by atoms with E-state index < -0.39 is 36.5 Å². The minimum absolute atomic E-state index is 0.199. The summed E-state index contributed by atoms with van der Waals surface area (Å²) in [6.07, 6.45) is 0.628. The van der Waals surface area contributed by atoms with Gasteiger partial charge in [0.1, 0.15) is 11.8 Å². The maximum absolute atomic E-state index is 13.2. The van der Waals surface area contributed by atoms with E-state index in [2.05, 4.69) is 15.8 Å². The van der Waals surface area contributed by atoms with Crippen molar-refractivity contribution in [2.45, 2.75) is 32.4 Å². The maximum Gasteiger partial charge on any atom is 0.341 e. The summed E-state index contributed by atoms with van der Waals surface area (Å²) in [5.74, 6) is -1.30. The van der Waals surface area contributed by atoms with Crippen molar-refractivity contribution in [1.29, 1.82) is 0 Å². The molecule has 10 nitrogen and oxygen atoms in total.